The predicted molar refractivity (Wildman–Crippen MR) is 118 cm³/mol. The average Bonchev–Trinajstić information content (AvgIpc) is 2.79. The highest BCUT2D eigenvalue weighted by Crippen LogP contribution is 2.24. The summed E-state index contributed by atoms with van der Waals surface area (Å²) in [5, 5.41) is 2.57. The van der Waals surface area contributed by atoms with Crippen LogP contribution in [0.25, 0.3) is 0 Å². The van der Waals surface area contributed by atoms with Gasteiger partial charge in [-0.1, -0.05) is 30.3 Å². The number of benzene rings is 3. The van der Waals surface area contributed by atoms with Crippen LogP contribution >= 0.6 is 0 Å². The molecule has 0 fully saturated rings. The van der Waals surface area contributed by atoms with Crippen molar-refractivity contribution < 1.29 is 27.1 Å². The molecule has 0 aliphatic carbocycles. The topological polar surface area (TPSA) is 92.8 Å². The lowest BCUT2D eigenvalue weighted by atomic mass is 10.2. The molecule has 0 unspecified atom stereocenters. The van der Waals surface area contributed by atoms with Crippen molar-refractivity contribution in [3.63, 3.8) is 0 Å². The molecule has 3 aromatic carbocycles. The van der Waals surface area contributed by atoms with E-state index in [9.17, 15) is 22.4 Å². The number of rotatable bonds is 8. The van der Waals surface area contributed by atoms with Crippen LogP contribution in [0.1, 0.15) is 17.3 Å². The molecule has 1 N–H and O–H groups in total. The molecule has 0 radical (unpaired) electrons. The number of anilines is 2. The van der Waals surface area contributed by atoms with Gasteiger partial charge in [0, 0.05) is 0 Å². The van der Waals surface area contributed by atoms with E-state index in [-0.39, 0.29) is 28.4 Å². The largest absolute Gasteiger partial charge is 0.462 e. The van der Waals surface area contributed by atoms with Gasteiger partial charge in [0.25, 0.3) is 10.0 Å². The lowest BCUT2D eigenvalue weighted by Crippen LogP contribution is -2.38. The zero-order chi connectivity index (χ0) is 23.1. The van der Waals surface area contributed by atoms with Crippen LogP contribution in [0.3, 0.4) is 0 Å². The molecular formula is C23H21FN2O5S. The van der Waals surface area contributed by atoms with Crippen LogP contribution < -0.4 is 9.62 Å². The molecule has 32 heavy (non-hydrogen) atoms. The summed E-state index contributed by atoms with van der Waals surface area (Å²) in [6.07, 6.45) is 0. The number of hydrogen-bond acceptors (Lipinski definition) is 5. The SMILES string of the molecule is CCOC(=O)c1ccccc1NC(=O)CN(c1ccc(F)cc1)S(=O)(=O)c1ccccc1. The second-order valence-corrected chi connectivity index (χ2v) is 8.48. The van der Waals surface area contributed by atoms with Gasteiger partial charge in [0.05, 0.1) is 28.4 Å². The fourth-order valence-electron chi connectivity index (χ4n) is 2.94. The van der Waals surface area contributed by atoms with Crippen LogP contribution in [0.15, 0.2) is 83.8 Å². The second-order valence-electron chi connectivity index (χ2n) is 6.62. The molecule has 166 valence electrons. The van der Waals surface area contributed by atoms with Crippen molar-refractivity contribution in [2.45, 2.75) is 11.8 Å². The number of halogens is 1. The molecule has 0 aromatic heterocycles. The average molecular weight is 456 g/mol. The van der Waals surface area contributed by atoms with E-state index in [1.807, 2.05) is 0 Å². The maximum Gasteiger partial charge on any atom is 0.340 e. The van der Waals surface area contributed by atoms with Crippen LogP contribution in [0, 0.1) is 5.82 Å². The first-order valence-electron chi connectivity index (χ1n) is 9.72. The molecule has 1 amide bonds. The van der Waals surface area contributed by atoms with Gasteiger partial charge in [0.15, 0.2) is 0 Å². The molecule has 0 heterocycles. The summed E-state index contributed by atoms with van der Waals surface area (Å²) in [6.45, 7) is 1.23. The zero-order valence-corrected chi connectivity index (χ0v) is 18.0. The molecule has 0 aliphatic heterocycles. The highest BCUT2D eigenvalue weighted by Gasteiger charge is 2.27. The highest BCUT2D eigenvalue weighted by molar-refractivity contribution is 7.92. The Bertz CT molecular complexity index is 1200. The van der Waals surface area contributed by atoms with Gasteiger partial charge in [-0.2, -0.15) is 0 Å². The Morgan fingerprint density at radius 2 is 1.56 bits per heavy atom. The summed E-state index contributed by atoms with van der Waals surface area (Å²) in [6, 6.07) is 18.6. The summed E-state index contributed by atoms with van der Waals surface area (Å²) < 4.78 is 45.8. The van der Waals surface area contributed by atoms with Crippen LogP contribution in [-0.2, 0) is 19.6 Å². The molecule has 0 aliphatic rings. The normalized spacial score (nSPS) is 10.9. The van der Waals surface area contributed by atoms with Crippen LogP contribution in [-0.4, -0.2) is 33.4 Å². The van der Waals surface area contributed by atoms with E-state index in [0.29, 0.717) is 0 Å². The van der Waals surface area contributed by atoms with Crippen LogP contribution in [0.5, 0.6) is 0 Å². The molecule has 0 atom stereocenters. The minimum atomic E-state index is -4.13. The zero-order valence-electron chi connectivity index (χ0n) is 17.2. The van der Waals surface area contributed by atoms with Gasteiger partial charge in [-0.3, -0.25) is 9.10 Å². The number of hydrogen-bond donors (Lipinski definition) is 1. The number of amides is 1. The minimum Gasteiger partial charge on any atom is -0.462 e. The molecule has 0 saturated heterocycles. The van der Waals surface area contributed by atoms with E-state index < -0.39 is 34.3 Å². The van der Waals surface area contributed by atoms with Crippen molar-refractivity contribution in [2.75, 3.05) is 22.8 Å². The third-order valence-corrected chi connectivity index (χ3v) is 6.22. The maximum atomic E-state index is 13.4. The van der Waals surface area contributed by atoms with E-state index in [1.165, 1.54) is 36.4 Å². The molecule has 0 bridgehead atoms. The summed E-state index contributed by atoms with van der Waals surface area (Å²) in [7, 11) is -4.13. The van der Waals surface area contributed by atoms with E-state index >= 15 is 0 Å². The monoisotopic (exact) mass is 456 g/mol. The summed E-state index contributed by atoms with van der Waals surface area (Å²) in [4.78, 5) is 25.0. The maximum absolute atomic E-state index is 13.4. The number of carbonyl (C=O) groups excluding carboxylic acids is 2. The van der Waals surface area contributed by atoms with Gasteiger partial charge in [-0.05, 0) is 55.5 Å². The Labute approximate surface area is 185 Å². The first-order valence-corrected chi connectivity index (χ1v) is 11.2. The van der Waals surface area contributed by atoms with Gasteiger partial charge >= 0.3 is 5.97 Å². The lowest BCUT2D eigenvalue weighted by molar-refractivity contribution is -0.114. The first-order chi connectivity index (χ1) is 15.3. The van der Waals surface area contributed by atoms with Crippen molar-refractivity contribution in [1.82, 2.24) is 0 Å². The van der Waals surface area contributed by atoms with Crippen molar-refractivity contribution >= 4 is 33.3 Å². The van der Waals surface area contributed by atoms with E-state index in [2.05, 4.69) is 5.32 Å². The van der Waals surface area contributed by atoms with Crippen molar-refractivity contribution in [3.8, 4) is 0 Å². The van der Waals surface area contributed by atoms with Crippen LogP contribution in [0.4, 0.5) is 15.8 Å². The Morgan fingerprint density at radius 1 is 0.938 bits per heavy atom. The van der Waals surface area contributed by atoms with Crippen molar-refractivity contribution in [3.05, 3.63) is 90.2 Å². The van der Waals surface area contributed by atoms with Gasteiger partial charge in [-0.15, -0.1) is 0 Å². The molecule has 0 spiro atoms. The quantitative estimate of drug-likeness (QED) is 0.520. The molecule has 3 rings (SSSR count). The smallest absolute Gasteiger partial charge is 0.340 e. The van der Waals surface area contributed by atoms with Gasteiger partial charge in [0.2, 0.25) is 5.91 Å². The highest BCUT2D eigenvalue weighted by atomic mass is 32.2. The van der Waals surface area contributed by atoms with Gasteiger partial charge < -0.3 is 10.1 Å². The number of nitrogens with one attached hydrogen (secondary N) is 1. The number of carbonyl (C=O) groups is 2. The van der Waals surface area contributed by atoms with Gasteiger partial charge in [0.1, 0.15) is 12.4 Å². The van der Waals surface area contributed by atoms with E-state index in [1.54, 1.807) is 37.3 Å². The van der Waals surface area contributed by atoms with Gasteiger partial charge in [-0.25, -0.2) is 17.6 Å². The molecule has 9 heteroatoms. The third-order valence-electron chi connectivity index (χ3n) is 4.43. The summed E-state index contributed by atoms with van der Waals surface area (Å²) >= 11 is 0. The number of sulfonamides is 1. The van der Waals surface area contributed by atoms with Crippen molar-refractivity contribution in [2.24, 2.45) is 0 Å². The minimum absolute atomic E-state index is 0.0240. The Morgan fingerprint density at radius 3 is 2.22 bits per heavy atom. The number of ether oxygens (including phenoxy) is 1. The second kappa shape index (κ2) is 10.1. The molecular weight excluding hydrogens is 435 g/mol. The van der Waals surface area contributed by atoms with E-state index in [4.69, 9.17) is 4.74 Å². The summed E-state index contributed by atoms with van der Waals surface area (Å²) in [5.74, 6) is -1.85. The predicted octanol–water partition coefficient (Wildman–Crippen LogP) is 3.84. The molecule has 7 nitrogen and oxygen atoms in total. The number of para-hydroxylation sites is 1. The lowest BCUT2D eigenvalue weighted by Gasteiger charge is -2.24. The standard InChI is InChI=1S/C23H21FN2O5S/c1-2-31-23(28)20-10-6-7-11-21(20)25-22(27)16-26(18-14-12-17(24)13-15-18)32(29,30)19-8-4-3-5-9-19/h3-15H,2,16H2,1H3,(H,25,27). The van der Waals surface area contributed by atoms with E-state index in [0.717, 1.165) is 16.4 Å². The Hall–Kier alpha value is -3.72. The summed E-state index contributed by atoms with van der Waals surface area (Å²) in [5.41, 5.74) is 0.443. The molecule has 3 aromatic rings. The fraction of sp³-hybridized carbons (Fsp3) is 0.130. The fourth-order valence-corrected chi connectivity index (χ4v) is 4.38. The third kappa shape index (κ3) is 5.30. The molecule has 0 saturated carbocycles. The Kier molecular flexibility index (Phi) is 7.21. The first kappa shape index (κ1) is 23.0. The number of nitrogens with zero attached hydrogens (tertiary/aromatic N) is 1. The van der Waals surface area contributed by atoms with Crippen LogP contribution in [0.2, 0.25) is 0 Å². The Balaban J connectivity index is 1.92. The number of esters is 1. The van der Waals surface area contributed by atoms with Crippen molar-refractivity contribution in [1.29, 1.82) is 0 Å².